The van der Waals surface area contributed by atoms with Crippen molar-refractivity contribution in [3.8, 4) is 5.75 Å². The summed E-state index contributed by atoms with van der Waals surface area (Å²) in [5.41, 5.74) is 1.54. The molecule has 0 aliphatic carbocycles. The third-order valence-corrected chi connectivity index (χ3v) is 4.04. The lowest BCUT2D eigenvalue weighted by molar-refractivity contribution is -0.137. The summed E-state index contributed by atoms with van der Waals surface area (Å²) in [5.74, 6) is 0.318. The molecule has 7 heteroatoms. The summed E-state index contributed by atoms with van der Waals surface area (Å²) in [6.07, 6.45) is 0. The van der Waals surface area contributed by atoms with Crippen molar-refractivity contribution in [1.29, 1.82) is 0 Å². The van der Waals surface area contributed by atoms with Gasteiger partial charge in [0.15, 0.2) is 11.9 Å². The van der Waals surface area contributed by atoms with E-state index in [1.807, 2.05) is 11.6 Å². The normalized spacial score (nSPS) is 18.8. The second-order valence-corrected chi connectivity index (χ2v) is 5.28. The van der Waals surface area contributed by atoms with E-state index >= 15 is 0 Å². The number of phenols is 1. The maximum Gasteiger partial charge on any atom is 0.329 e. The van der Waals surface area contributed by atoms with Gasteiger partial charge in [0.25, 0.3) is 0 Å². The number of aliphatic carboxylic acids is 1. The van der Waals surface area contributed by atoms with Gasteiger partial charge in [-0.25, -0.2) is 9.78 Å². The second kappa shape index (κ2) is 4.27. The molecule has 0 spiro atoms. The number of imidazole rings is 1. The number of hydrogen-bond acceptors (Lipinski definition) is 5. The first kappa shape index (κ1) is 12.0. The predicted molar refractivity (Wildman–Crippen MR) is 72.8 cm³/mol. The van der Waals surface area contributed by atoms with E-state index in [1.54, 1.807) is 18.2 Å². The van der Waals surface area contributed by atoms with Gasteiger partial charge in [-0.05, 0) is 12.1 Å². The Kier molecular flexibility index (Phi) is 2.70. The van der Waals surface area contributed by atoms with Gasteiger partial charge in [-0.15, -0.1) is 11.8 Å². The molecule has 0 saturated heterocycles. The molecule has 0 radical (unpaired) electrons. The van der Waals surface area contributed by atoms with Crippen molar-refractivity contribution in [2.24, 2.45) is 12.0 Å². The highest BCUT2D eigenvalue weighted by molar-refractivity contribution is 8.14. The van der Waals surface area contributed by atoms with Gasteiger partial charge in [-0.1, -0.05) is 0 Å². The molecule has 0 amide bonds. The van der Waals surface area contributed by atoms with E-state index < -0.39 is 12.0 Å². The maximum atomic E-state index is 10.9. The monoisotopic (exact) mass is 277 g/mol. The topological polar surface area (TPSA) is 87.7 Å². The van der Waals surface area contributed by atoms with Crippen LogP contribution in [0, 0.1) is 0 Å². The van der Waals surface area contributed by atoms with E-state index in [0.717, 1.165) is 11.0 Å². The third-order valence-electron chi connectivity index (χ3n) is 2.99. The largest absolute Gasteiger partial charge is 0.508 e. The van der Waals surface area contributed by atoms with Gasteiger partial charge >= 0.3 is 5.97 Å². The molecule has 6 nitrogen and oxygen atoms in total. The van der Waals surface area contributed by atoms with E-state index in [4.69, 9.17) is 5.11 Å². The van der Waals surface area contributed by atoms with Gasteiger partial charge in [0.05, 0.1) is 11.0 Å². The molecule has 1 aliphatic heterocycles. The molecule has 0 bridgehead atoms. The number of aliphatic imine (C=N–C) groups is 1. The summed E-state index contributed by atoms with van der Waals surface area (Å²) in [6.45, 7) is 0. The molecule has 98 valence electrons. The van der Waals surface area contributed by atoms with Crippen LogP contribution >= 0.6 is 11.8 Å². The summed E-state index contributed by atoms with van der Waals surface area (Å²) in [6, 6.07) is 4.22. The Morgan fingerprint density at radius 2 is 2.32 bits per heavy atom. The van der Waals surface area contributed by atoms with Crippen LogP contribution in [0.3, 0.4) is 0 Å². The summed E-state index contributed by atoms with van der Waals surface area (Å²) in [7, 11) is 1.82. The van der Waals surface area contributed by atoms with Crippen molar-refractivity contribution in [1.82, 2.24) is 9.55 Å². The number of fused-ring (bicyclic) bond motifs is 1. The molecule has 2 aromatic rings. The first-order valence-corrected chi connectivity index (χ1v) is 6.64. The summed E-state index contributed by atoms with van der Waals surface area (Å²) in [4.78, 5) is 19.5. The minimum absolute atomic E-state index is 0.173. The van der Waals surface area contributed by atoms with E-state index in [9.17, 15) is 9.90 Å². The standard InChI is InChI=1S/C12H11N3O3S/c1-15-9-4-6(16)2-3-7(9)13-10(15)11-14-8(5-19-11)12(17)18/h2-4,8,16H,5H2,1H3,(H,17,18)/t8-/m1/s1. The number of aromatic hydroxyl groups is 1. The number of phenolic OH excluding ortho intramolecular Hbond substituents is 1. The Hall–Kier alpha value is -2.02. The fourth-order valence-corrected chi connectivity index (χ4v) is 3.04. The van der Waals surface area contributed by atoms with E-state index in [1.165, 1.54) is 11.8 Å². The van der Waals surface area contributed by atoms with Crippen molar-refractivity contribution >= 4 is 33.8 Å². The molecule has 2 N–H and O–H groups in total. The van der Waals surface area contributed by atoms with E-state index in [0.29, 0.717) is 16.6 Å². The minimum Gasteiger partial charge on any atom is -0.508 e. The number of nitrogens with zero attached hydrogens (tertiary/aromatic N) is 3. The van der Waals surface area contributed by atoms with Crippen molar-refractivity contribution in [2.45, 2.75) is 6.04 Å². The minimum atomic E-state index is -0.918. The number of benzene rings is 1. The van der Waals surface area contributed by atoms with Crippen LogP contribution in [0.4, 0.5) is 0 Å². The fraction of sp³-hybridized carbons (Fsp3) is 0.250. The predicted octanol–water partition coefficient (Wildman–Crippen LogP) is 1.23. The average molecular weight is 277 g/mol. The Labute approximate surface area is 112 Å². The molecule has 0 saturated carbocycles. The van der Waals surface area contributed by atoms with E-state index in [2.05, 4.69) is 9.98 Å². The SMILES string of the molecule is Cn1c(C2=N[C@@H](C(=O)O)CS2)nc2ccc(O)cc21. The van der Waals surface area contributed by atoms with Crippen molar-refractivity contribution in [3.05, 3.63) is 24.0 Å². The van der Waals surface area contributed by atoms with Crippen molar-refractivity contribution < 1.29 is 15.0 Å². The fourth-order valence-electron chi connectivity index (χ4n) is 1.99. The number of carbonyl (C=O) groups is 1. The van der Waals surface area contributed by atoms with Crippen LogP contribution in [-0.4, -0.2) is 42.6 Å². The zero-order chi connectivity index (χ0) is 13.6. The van der Waals surface area contributed by atoms with Crippen LogP contribution in [0.1, 0.15) is 5.82 Å². The van der Waals surface area contributed by atoms with Gasteiger partial charge in [-0.3, -0.25) is 4.99 Å². The number of hydrogen-bond donors (Lipinski definition) is 2. The summed E-state index contributed by atoms with van der Waals surface area (Å²) in [5, 5.41) is 19.1. The lowest BCUT2D eigenvalue weighted by atomic mass is 10.3. The molecule has 0 fully saturated rings. The summed E-state index contributed by atoms with van der Waals surface area (Å²) >= 11 is 1.39. The number of carboxylic acids is 1. The molecular weight excluding hydrogens is 266 g/mol. The van der Waals surface area contributed by atoms with E-state index in [-0.39, 0.29) is 5.75 Å². The van der Waals surface area contributed by atoms with Gasteiger partial charge in [0, 0.05) is 18.9 Å². The van der Waals surface area contributed by atoms with Gasteiger partial charge in [0.2, 0.25) is 0 Å². The Morgan fingerprint density at radius 3 is 3.00 bits per heavy atom. The molecule has 2 heterocycles. The van der Waals surface area contributed by atoms with Crippen molar-refractivity contribution in [3.63, 3.8) is 0 Å². The molecule has 1 aromatic heterocycles. The second-order valence-electron chi connectivity index (χ2n) is 4.27. The molecule has 1 atom stereocenters. The first-order chi connectivity index (χ1) is 9.06. The first-order valence-electron chi connectivity index (χ1n) is 5.65. The highest BCUT2D eigenvalue weighted by atomic mass is 32.2. The number of aromatic nitrogens is 2. The quantitative estimate of drug-likeness (QED) is 0.862. The van der Waals surface area contributed by atoms with Gasteiger partial charge < -0.3 is 14.8 Å². The van der Waals surface area contributed by atoms with Crippen LogP contribution in [-0.2, 0) is 11.8 Å². The van der Waals surface area contributed by atoms with Gasteiger partial charge in [0.1, 0.15) is 10.8 Å². The zero-order valence-electron chi connectivity index (χ0n) is 10.1. The molecule has 0 unspecified atom stereocenters. The van der Waals surface area contributed by atoms with Crippen LogP contribution in [0.25, 0.3) is 11.0 Å². The Balaban J connectivity index is 2.09. The third kappa shape index (κ3) is 1.95. The number of rotatable bonds is 2. The molecular formula is C12H11N3O3S. The lowest BCUT2D eigenvalue weighted by Crippen LogP contribution is -2.17. The van der Waals surface area contributed by atoms with Crippen LogP contribution in [0.5, 0.6) is 5.75 Å². The number of thioether (sulfide) groups is 1. The molecule has 19 heavy (non-hydrogen) atoms. The Bertz CT molecular complexity index is 708. The highest BCUT2D eigenvalue weighted by Gasteiger charge is 2.27. The highest BCUT2D eigenvalue weighted by Crippen LogP contribution is 2.26. The van der Waals surface area contributed by atoms with Gasteiger partial charge in [-0.2, -0.15) is 0 Å². The van der Waals surface area contributed by atoms with Crippen LogP contribution < -0.4 is 0 Å². The number of carboxylic acid groups (broad SMARTS) is 1. The zero-order valence-corrected chi connectivity index (χ0v) is 10.9. The van der Waals surface area contributed by atoms with Crippen molar-refractivity contribution in [2.75, 3.05) is 5.75 Å². The number of aryl methyl sites for hydroxylation is 1. The molecule has 1 aromatic carbocycles. The maximum absolute atomic E-state index is 10.9. The average Bonchev–Trinajstić information content (AvgIpc) is 2.95. The smallest absolute Gasteiger partial charge is 0.329 e. The molecule has 3 rings (SSSR count). The lowest BCUT2D eigenvalue weighted by Gasteiger charge is -2.00. The summed E-state index contributed by atoms with van der Waals surface area (Å²) < 4.78 is 1.81. The Morgan fingerprint density at radius 1 is 1.53 bits per heavy atom. The van der Waals surface area contributed by atoms with Crippen LogP contribution in [0.15, 0.2) is 23.2 Å². The van der Waals surface area contributed by atoms with Crippen LogP contribution in [0.2, 0.25) is 0 Å². The molecule has 1 aliphatic rings.